The lowest BCUT2D eigenvalue weighted by Gasteiger charge is -2.24. The van der Waals surface area contributed by atoms with Crippen LogP contribution in [0.2, 0.25) is 0 Å². The average molecular weight is 239 g/mol. The summed E-state index contributed by atoms with van der Waals surface area (Å²) in [7, 11) is 1.62. The van der Waals surface area contributed by atoms with E-state index in [1.807, 2.05) is 11.8 Å². The van der Waals surface area contributed by atoms with Crippen LogP contribution in [0, 0.1) is 5.82 Å². The molecule has 17 heavy (non-hydrogen) atoms. The van der Waals surface area contributed by atoms with E-state index in [0.717, 1.165) is 0 Å². The summed E-state index contributed by atoms with van der Waals surface area (Å²) in [6.45, 7) is 5.22. The van der Waals surface area contributed by atoms with Crippen molar-refractivity contribution in [2.75, 3.05) is 31.7 Å². The summed E-state index contributed by atoms with van der Waals surface area (Å²) < 4.78 is 18.6. The maximum atomic E-state index is 13.6. The fraction of sp³-hybridized carbons (Fsp3) is 0.462. The standard InChI is InChI=1S/C13H18FNO2/c1-4-15(8-9-17-3)12-7-5-6-11(14)13(12)10(2)16/h5-7H,4,8-9H2,1-3H3. The van der Waals surface area contributed by atoms with Gasteiger partial charge in [0.2, 0.25) is 0 Å². The van der Waals surface area contributed by atoms with Gasteiger partial charge in [-0.3, -0.25) is 4.79 Å². The number of rotatable bonds is 6. The van der Waals surface area contributed by atoms with Gasteiger partial charge in [-0.1, -0.05) is 6.07 Å². The lowest BCUT2D eigenvalue weighted by Crippen LogP contribution is -2.28. The number of hydrogen-bond donors (Lipinski definition) is 0. The van der Waals surface area contributed by atoms with Crippen molar-refractivity contribution in [2.24, 2.45) is 0 Å². The molecule has 0 aliphatic rings. The van der Waals surface area contributed by atoms with Crippen LogP contribution in [-0.4, -0.2) is 32.6 Å². The van der Waals surface area contributed by atoms with Crippen molar-refractivity contribution < 1.29 is 13.9 Å². The molecular formula is C13H18FNO2. The van der Waals surface area contributed by atoms with Crippen molar-refractivity contribution in [3.8, 4) is 0 Å². The molecule has 1 aromatic rings. The number of nitrogens with zero attached hydrogens (tertiary/aromatic N) is 1. The highest BCUT2D eigenvalue weighted by Gasteiger charge is 2.16. The summed E-state index contributed by atoms with van der Waals surface area (Å²) >= 11 is 0. The van der Waals surface area contributed by atoms with E-state index in [-0.39, 0.29) is 11.3 Å². The molecule has 3 nitrogen and oxygen atoms in total. The Morgan fingerprint density at radius 2 is 2.18 bits per heavy atom. The third kappa shape index (κ3) is 3.27. The molecule has 0 atom stereocenters. The summed E-state index contributed by atoms with van der Waals surface area (Å²) in [6.07, 6.45) is 0. The Hall–Kier alpha value is -1.42. The first-order valence-electron chi connectivity index (χ1n) is 5.65. The van der Waals surface area contributed by atoms with Crippen molar-refractivity contribution in [3.05, 3.63) is 29.6 Å². The monoisotopic (exact) mass is 239 g/mol. The molecule has 0 unspecified atom stereocenters. The molecule has 0 radical (unpaired) electrons. The van der Waals surface area contributed by atoms with Crippen LogP contribution in [-0.2, 0) is 4.74 Å². The number of Topliss-reactive ketones (excluding diaryl/α,β-unsaturated/α-hetero) is 1. The molecule has 0 heterocycles. The van der Waals surface area contributed by atoms with Gasteiger partial charge in [0, 0.05) is 20.2 Å². The highest BCUT2D eigenvalue weighted by molar-refractivity contribution is 6.00. The van der Waals surface area contributed by atoms with Crippen molar-refractivity contribution in [2.45, 2.75) is 13.8 Å². The molecule has 94 valence electrons. The molecule has 0 amide bonds. The van der Waals surface area contributed by atoms with Gasteiger partial charge in [0.05, 0.1) is 17.9 Å². The van der Waals surface area contributed by atoms with E-state index >= 15 is 0 Å². The molecule has 0 N–H and O–H groups in total. The van der Waals surface area contributed by atoms with Crippen LogP contribution in [0.15, 0.2) is 18.2 Å². The van der Waals surface area contributed by atoms with Gasteiger partial charge in [-0.2, -0.15) is 0 Å². The van der Waals surface area contributed by atoms with E-state index in [1.54, 1.807) is 19.2 Å². The summed E-state index contributed by atoms with van der Waals surface area (Å²) in [5.74, 6) is -0.722. The van der Waals surface area contributed by atoms with Crippen molar-refractivity contribution >= 4 is 11.5 Å². The Labute approximate surface area is 101 Å². The second-order valence-corrected chi connectivity index (χ2v) is 3.76. The van der Waals surface area contributed by atoms with Crippen molar-refractivity contribution in [1.29, 1.82) is 0 Å². The molecule has 0 aliphatic heterocycles. The smallest absolute Gasteiger partial charge is 0.164 e. The van der Waals surface area contributed by atoms with E-state index in [9.17, 15) is 9.18 Å². The number of carbonyl (C=O) groups excluding carboxylic acids is 1. The molecule has 1 aromatic carbocycles. The number of halogens is 1. The molecule has 0 aromatic heterocycles. The zero-order valence-corrected chi connectivity index (χ0v) is 10.5. The van der Waals surface area contributed by atoms with Gasteiger partial charge in [0.25, 0.3) is 0 Å². The van der Waals surface area contributed by atoms with Gasteiger partial charge in [0.15, 0.2) is 5.78 Å². The first-order chi connectivity index (χ1) is 8.11. The quantitative estimate of drug-likeness (QED) is 0.714. The Kier molecular flexibility index (Phi) is 5.10. The number of ether oxygens (including phenoxy) is 1. The highest BCUT2D eigenvalue weighted by atomic mass is 19.1. The lowest BCUT2D eigenvalue weighted by molar-refractivity contribution is 0.101. The number of carbonyl (C=O) groups is 1. The Morgan fingerprint density at radius 1 is 1.47 bits per heavy atom. The Balaban J connectivity index is 3.09. The predicted molar refractivity (Wildman–Crippen MR) is 66.2 cm³/mol. The molecular weight excluding hydrogens is 221 g/mol. The predicted octanol–water partition coefficient (Wildman–Crippen LogP) is 2.50. The minimum Gasteiger partial charge on any atom is -0.383 e. The number of hydrogen-bond acceptors (Lipinski definition) is 3. The van der Waals surface area contributed by atoms with E-state index in [2.05, 4.69) is 0 Å². The fourth-order valence-electron chi connectivity index (χ4n) is 1.78. The van der Waals surface area contributed by atoms with Crippen LogP contribution in [0.5, 0.6) is 0 Å². The van der Waals surface area contributed by atoms with Crippen LogP contribution in [0.3, 0.4) is 0 Å². The molecule has 0 fully saturated rings. The number of anilines is 1. The Morgan fingerprint density at radius 3 is 2.71 bits per heavy atom. The minimum atomic E-state index is -0.467. The number of ketones is 1. The van der Waals surface area contributed by atoms with Gasteiger partial charge < -0.3 is 9.64 Å². The van der Waals surface area contributed by atoms with Crippen LogP contribution in [0.4, 0.5) is 10.1 Å². The van der Waals surface area contributed by atoms with Gasteiger partial charge in [-0.05, 0) is 26.0 Å². The van der Waals surface area contributed by atoms with Crippen LogP contribution in [0.1, 0.15) is 24.2 Å². The van der Waals surface area contributed by atoms with E-state index in [1.165, 1.54) is 13.0 Å². The van der Waals surface area contributed by atoms with Gasteiger partial charge in [0.1, 0.15) is 5.82 Å². The zero-order valence-electron chi connectivity index (χ0n) is 10.5. The second kappa shape index (κ2) is 6.35. The minimum absolute atomic E-state index is 0.158. The van der Waals surface area contributed by atoms with Gasteiger partial charge in [-0.15, -0.1) is 0 Å². The summed E-state index contributed by atoms with van der Waals surface area (Å²) in [5.41, 5.74) is 0.794. The average Bonchev–Trinajstić information content (AvgIpc) is 2.29. The van der Waals surface area contributed by atoms with Crippen LogP contribution < -0.4 is 4.90 Å². The van der Waals surface area contributed by atoms with Gasteiger partial charge >= 0.3 is 0 Å². The highest BCUT2D eigenvalue weighted by Crippen LogP contribution is 2.23. The molecule has 4 heteroatoms. The Bertz CT molecular complexity index is 393. The molecule has 1 rings (SSSR count). The van der Waals surface area contributed by atoms with E-state index in [0.29, 0.717) is 25.4 Å². The summed E-state index contributed by atoms with van der Waals surface area (Å²) in [4.78, 5) is 13.4. The largest absolute Gasteiger partial charge is 0.383 e. The van der Waals surface area contributed by atoms with Gasteiger partial charge in [-0.25, -0.2) is 4.39 Å². The first-order valence-corrected chi connectivity index (χ1v) is 5.65. The molecule has 0 saturated heterocycles. The normalized spacial score (nSPS) is 10.4. The van der Waals surface area contributed by atoms with Crippen LogP contribution >= 0.6 is 0 Å². The summed E-state index contributed by atoms with van der Waals surface area (Å²) in [6, 6.07) is 4.69. The van der Waals surface area contributed by atoms with Crippen molar-refractivity contribution in [1.82, 2.24) is 0 Å². The molecule has 0 saturated carbocycles. The topological polar surface area (TPSA) is 29.5 Å². The third-order valence-corrected chi connectivity index (χ3v) is 2.63. The fourth-order valence-corrected chi connectivity index (χ4v) is 1.78. The van der Waals surface area contributed by atoms with Crippen molar-refractivity contribution in [3.63, 3.8) is 0 Å². The molecule has 0 spiro atoms. The lowest BCUT2D eigenvalue weighted by atomic mass is 10.1. The maximum Gasteiger partial charge on any atom is 0.164 e. The van der Waals surface area contributed by atoms with E-state index < -0.39 is 5.82 Å². The molecule has 0 bridgehead atoms. The maximum absolute atomic E-state index is 13.6. The van der Waals surface area contributed by atoms with E-state index in [4.69, 9.17) is 4.74 Å². The second-order valence-electron chi connectivity index (χ2n) is 3.76. The SMILES string of the molecule is CCN(CCOC)c1cccc(F)c1C(C)=O. The number of likely N-dealkylation sites (N-methyl/N-ethyl adjacent to an activating group) is 1. The van der Waals surface area contributed by atoms with Crippen LogP contribution in [0.25, 0.3) is 0 Å². The number of methoxy groups -OCH3 is 1. The zero-order chi connectivity index (χ0) is 12.8. The summed E-state index contributed by atoms with van der Waals surface area (Å²) in [5, 5.41) is 0. The molecule has 0 aliphatic carbocycles. The third-order valence-electron chi connectivity index (χ3n) is 2.63. The number of benzene rings is 1. The first kappa shape index (κ1) is 13.6.